The average molecular weight is 579 g/mol. The molecule has 1 saturated heterocycles. The van der Waals surface area contributed by atoms with Crippen LogP contribution in [0.5, 0.6) is 11.5 Å². The molecule has 41 heavy (non-hydrogen) atoms. The van der Waals surface area contributed by atoms with Crippen LogP contribution in [0.25, 0.3) is 0 Å². The van der Waals surface area contributed by atoms with Gasteiger partial charge in [-0.3, -0.25) is 9.59 Å². The fourth-order valence-electron chi connectivity index (χ4n) is 5.08. The first kappa shape index (κ1) is 30.6. The van der Waals surface area contributed by atoms with Gasteiger partial charge in [0.1, 0.15) is 6.54 Å². The van der Waals surface area contributed by atoms with E-state index in [0.717, 1.165) is 42.5 Å². The second-order valence-electron chi connectivity index (χ2n) is 10.5. The number of carbonyl (C=O) groups excluding carboxylic acids is 2. The van der Waals surface area contributed by atoms with Gasteiger partial charge >= 0.3 is 0 Å². The van der Waals surface area contributed by atoms with Crippen LogP contribution >= 0.6 is 11.3 Å². The van der Waals surface area contributed by atoms with E-state index < -0.39 is 0 Å². The Morgan fingerprint density at radius 1 is 0.976 bits per heavy atom. The lowest BCUT2D eigenvalue weighted by Crippen LogP contribution is -2.45. The molecule has 1 atom stereocenters. The van der Waals surface area contributed by atoms with Crippen LogP contribution in [0.3, 0.4) is 0 Å². The molecule has 3 aromatic rings. The Morgan fingerprint density at radius 2 is 1.76 bits per heavy atom. The van der Waals surface area contributed by atoms with E-state index in [-0.39, 0.29) is 24.5 Å². The predicted octanol–water partition coefficient (Wildman–Crippen LogP) is 6.00. The van der Waals surface area contributed by atoms with Crippen molar-refractivity contribution in [3.63, 3.8) is 0 Å². The van der Waals surface area contributed by atoms with E-state index >= 15 is 0 Å². The van der Waals surface area contributed by atoms with Gasteiger partial charge in [0.15, 0.2) is 11.5 Å². The van der Waals surface area contributed by atoms with E-state index in [9.17, 15) is 9.59 Å². The van der Waals surface area contributed by atoms with E-state index in [1.165, 1.54) is 5.56 Å². The maximum Gasteiger partial charge on any atom is 0.254 e. The summed E-state index contributed by atoms with van der Waals surface area (Å²) in [6.07, 6.45) is 5.72. The summed E-state index contributed by atoms with van der Waals surface area (Å²) in [4.78, 5) is 32.2. The lowest BCUT2D eigenvalue weighted by molar-refractivity contribution is -0.132. The summed E-state index contributed by atoms with van der Waals surface area (Å²) in [5, 5.41) is 2.02. The Hall–Kier alpha value is -3.36. The zero-order chi connectivity index (χ0) is 29.0. The predicted molar refractivity (Wildman–Crippen MR) is 163 cm³/mol. The number of rotatable bonds is 15. The highest BCUT2D eigenvalue weighted by Gasteiger charge is 2.27. The van der Waals surface area contributed by atoms with Crippen LogP contribution in [-0.4, -0.2) is 68.2 Å². The number of aryl methyl sites for hydroxylation is 1. The number of nitrogens with zero attached hydrogens (tertiary/aromatic N) is 2. The van der Waals surface area contributed by atoms with Crippen LogP contribution in [0.4, 0.5) is 0 Å². The average Bonchev–Trinajstić information content (AvgIpc) is 3.72. The smallest absolute Gasteiger partial charge is 0.254 e. The minimum absolute atomic E-state index is 0.00753. The summed E-state index contributed by atoms with van der Waals surface area (Å²) in [6.45, 7) is 4.30. The topological polar surface area (TPSA) is 68.3 Å². The maximum absolute atomic E-state index is 13.9. The van der Waals surface area contributed by atoms with Crippen LogP contribution in [-0.2, 0) is 28.9 Å². The molecule has 0 spiro atoms. The molecule has 8 heteroatoms. The highest BCUT2D eigenvalue weighted by Crippen LogP contribution is 2.28. The van der Waals surface area contributed by atoms with E-state index in [0.29, 0.717) is 49.7 Å². The van der Waals surface area contributed by atoms with Crippen molar-refractivity contribution in [3.8, 4) is 11.5 Å². The van der Waals surface area contributed by atoms with Crippen LogP contribution in [0.1, 0.15) is 59.0 Å². The van der Waals surface area contributed by atoms with Gasteiger partial charge in [-0.15, -0.1) is 11.3 Å². The first-order valence-electron chi connectivity index (χ1n) is 14.5. The molecule has 2 amide bonds. The molecule has 220 valence electrons. The fourth-order valence-corrected chi connectivity index (χ4v) is 5.80. The monoisotopic (exact) mass is 578 g/mol. The maximum atomic E-state index is 13.9. The normalized spacial score (nSPS) is 14.6. The molecule has 1 aromatic heterocycles. The van der Waals surface area contributed by atoms with Gasteiger partial charge in [-0.05, 0) is 78.9 Å². The molecule has 1 unspecified atom stereocenters. The second kappa shape index (κ2) is 15.6. The first-order chi connectivity index (χ1) is 20.0. The third-order valence-electron chi connectivity index (χ3n) is 7.48. The van der Waals surface area contributed by atoms with Crippen molar-refractivity contribution >= 4 is 23.2 Å². The van der Waals surface area contributed by atoms with Gasteiger partial charge < -0.3 is 24.0 Å². The van der Waals surface area contributed by atoms with Crippen molar-refractivity contribution in [1.29, 1.82) is 0 Å². The number of hydrogen-bond donors (Lipinski definition) is 0. The molecule has 1 aliphatic rings. The molecule has 1 aliphatic heterocycles. The van der Waals surface area contributed by atoms with Crippen molar-refractivity contribution in [2.45, 2.75) is 58.1 Å². The van der Waals surface area contributed by atoms with Gasteiger partial charge in [0.05, 0.1) is 26.9 Å². The lowest BCUT2D eigenvalue weighted by atomic mass is 10.1. The standard InChI is InChI=1S/C33H42N2O5S/c1-4-5-8-25-11-14-27(15-12-25)33(37)35(22-28-9-6-19-40-28)24-32(36)34(23-29-10-7-20-41-29)18-17-26-13-16-30(38-2)31(21-26)39-3/h7,10-16,20-21,28H,4-6,8-9,17-19,22-24H2,1-3H3. The largest absolute Gasteiger partial charge is 0.493 e. The van der Waals surface area contributed by atoms with Gasteiger partial charge in [-0.25, -0.2) is 0 Å². The Kier molecular flexibility index (Phi) is 11.6. The minimum atomic E-state index is -0.133. The molecule has 0 bridgehead atoms. The minimum Gasteiger partial charge on any atom is -0.493 e. The summed E-state index contributed by atoms with van der Waals surface area (Å²) >= 11 is 1.63. The number of methoxy groups -OCH3 is 2. The molecule has 0 radical (unpaired) electrons. The third-order valence-corrected chi connectivity index (χ3v) is 8.34. The SMILES string of the molecule is CCCCc1ccc(C(=O)N(CC(=O)N(CCc2ccc(OC)c(OC)c2)Cc2cccs2)CC2CCCO2)cc1. The molecular formula is C33H42N2O5S. The number of hydrogen-bond acceptors (Lipinski definition) is 6. The second-order valence-corrected chi connectivity index (χ2v) is 11.5. The van der Waals surface area contributed by atoms with Crippen molar-refractivity contribution in [3.05, 3.63) is 81.5 Å². The summed E-state index contributed by atoms with van der Waals surface area (Å²) < 4.78 is 16.7. The van der Waals surface area contributed by atoms with Crippen molar-refractivity contribution in [1.82, 2.24) is 9.80 Å². The van der Waals surface area contributed by atoms with Crippen molar-refractivity contribution in [2.24, 2.45) is 0 Å². The van der Waals surface area contributed by atoms with Crippen molar-refractivity contribution in [2.75, 3.05) is 40.5 Å². The lowest BCUT2D eigenvalue weighted by Gasteiger charge is -2.29. The molecule has 0 saturated carbocycles. The van der Waals surface area contributed by atoms with E-state index in [1.807, 2.05) is 64.9 Å². The number of amides is 2. The molecular weight excluding hydrogens is 536 g/mol. The molecule has 0 aliphatic carbocycles. The highest BCUT2D eigenvalue weighted by molar-refractivity contribution is 7.09. The third kappa shape index (κ3) is 8.81. The highest BCUT2D eigenvalue weighted by atomic mass is 32.1. The van der Waals surface area contributed by atoms with E-state index in [1.54, 1.807) is 30.5 Å². The van der Waals surface area contributed by atoms with Crippen LogP contribution in [0.2, 0.25) is 0 Å². The van der Waals surface area contributed by atoms with Crippen LogP contribution < -0.4 is 9.47 Å². The fraction of sp³-hybridized carbons (Fsp3) is 0.455. The Morgan fingerprint density at radius 3 is 2.41 bits per heavy atom. The molecule has 0 N–H and O–H groups in total. The quantitative estimate of drug-likeness (QED) is 0.221. The van der Waals surface area contributed by atoms with Gasteiger partial charge in [-0.2, -0.15) is 0 Å². The Bertz CT molecular complexity index is 1240. The van der Waals surface area contributed by atoms with Gasteiger partial charge in [0.25, 0.3) is 5.91 Å². The van der Waals surface area contributed by atoms with Crippen LogP contribution in [0.15, 0.2) is 60.0 Å². The van der Waals surface area contributed by atoms with Gasteiger partial charge in [0, 0.05) is 30.1 Å². The molecule has 2 aromatic carbocycles. The zero-order valence-corrected chi connectivity index (χ0v) is 25.3. The first-order valence-corrected chi connectivity index (χ1v) is 15.4. The summed E-state index contributed by atoms with van der Waals surface area (Å²) in [7, 11) is 3.23. The van der Waals surface area contributed by atoms with E-state index in [4.69, 9.17) is 14.2 Å². The number of thiophene rings is 1. The van der Waals surface area contributed by atoms with Crippen LogP contribution in [0, 0.1) is 0 Å². The molecule has 4 rings (SSSR count). The molecule has 7 nitrogen and oxygen atoms in total. The van der Waals surface area contributed by atoms with Gasteiger partial charge in [-0.1, -0.05) is 37.6 Å². The molecule has 2 heterocycles. The number of benzene rings is 2. The van der Waals surface area contributed by atoms with Gasteiger partial charge in [0.2, 0.25) is 5.91 Å². The van der Waals surface area contributed by atoms with Crippen molar-refractivity contribution < 1.29 is 23.8 Å². The Labute approximate surface area is 248 Å². The Balaban J connectivity index is 1.50. The summed E-state index contributed by atoms with van der Waals surface area (Å²) in [5.74, 6) is 1.12. The zero-order valence-electron chi connectivity index (χ0n) is 24.5. The van der Waals surface area contributed by atoms with E-state index in [2.05, 4.69) is 6.92 Å². The number of ether oxygens (including phenoxy) is 3. The molecule has 1 fully saturated rings. The summed E-state index contributed by atoms with van der Waals surface area (Å²) in [5.41, 5.74) is 2.87. The summed E-state index contributed by atoms with van der Waals surface area (Å²) in [6, 6.07) is 17.7. The number of carbonyl (C=O) groups is 2. The number of unbranched alkanes of at least 4 members (excludes halogenated alkanes) is 1.